The van der Waals surface area contributed by atoms with E-state index in [0.29, 0.717) is 59.9 Å². The third-order valence-electron chi connectivity index (χ3n) is 12.1. The van der Waals surface area contributed by atoms with Crippen molar-refractivity contribution in [2.75, 3.05) is 60.6 Å². The Labute approximate surface area is 316 Å². The number of phenols is 2. The van der Waals surface area contributed by atoms with Crippen LogP contribution in [0.15, 0.2) is 18.2 Å². The van der Waals surface area contributed by atoms with Crippen molar-refractivity contribution in [2.45, 2.75) is 61.6 Å². The molecule has 2 fully saturated rings. The van der Waals surface area contributed by atoms with E-state index in [4.69, 9.17) is 33.2 Å². The number of nitrogens with one attached hydrogen (secondary N) is 1. The number of esters is 2. The fourth-order valence-electron chi connectivity index (χ4n) is 9.88. The van der Waals surface area contributed by atoms with Gasteiger partial charge in [0, 0.05) is 54.5 Å². The molecule has 1 unspecified atom stereocenters. The number of piperazine rings is 1. The molecule has 4 bridgehead atoms. The lowest BCUT2D eigenvalue weighted by atomic mass is 9.74. The van der Waals surface area contributed by atoms with E-state index in [1.807, 2.05) is 6.92 Å². The highest BCUT2D eigenvalue weighted by Gasteiger charge is 2.59. The van der Waals surface area contributed by atoms with Gasteiger partial charge in [-0.3, -0.25) is 19.9 Å². The largest absolute Gasteiger partial charge is 0.504 e. The number of thioether (sulfide) groups is 1. The maximum atomic E-state index is 14.7. The SMILES string of the molecule is COc1cc2c(cc1O)CCN[C@]21CS[C@@H]2c3c(OC(C)=O)c(OC)c4c(c3[C@H](COC1=O)N1C[C@H]3Cc5cc(C)c(OC)c(O)c5C([C@H]21)N3C)OCO4. The molecule has 7 aliphatic rings. The molecule has 3 aromatic carbocycles. The van der Waals surface area contributed by atoms with Crippen LogP contribution in [0.4, 0.5) is 0 Å². The zero-order chi connectivity index (χ0) is 37.8. The number of aryl methyl sites for hydroxylation is 1. The van der Waals surface area contributed by atoms with E-state index in [9.17, 15) is 19.8 Å². The summed E-state index contributed by atoms with van der Waals surface area (Å²) < 4.78 is 42.0. The number of likely N-dealkylation sites (N-methyl/N-ethyl adjacent to an activating group) is 1. The second kappa shape index (κ2) is 12.8. The maximum Gasteiger partial charge on any atom is 0.331 e. The average Bonchev–Trinajstić information content (AvgIpc) is 3.62. The van der Waals surface area contributed by atoms with Crippen molar-refractivity contribution in [1.82, 2.24) is 15.1 Å². The highest BCUT2D eigenvalue weighted by Crippen LogP contribution is 2.65. The highest BCUT2D eigenvalue weighted by atomic mass is 32.2. The fourth-order valence-corrected chi connectivity index (χ4v) is 11.6. The van der Waals surface area contributed by atoms with Crippen molar-refractivity contribution in [3.8, 4) is 46.0 Å². The number of methoxy groups -OCH3 is 3. The number of benzene rings is 3. The van der Waals surface area contributed by atoms with Crippen LogP contribution in [0, 0.1) is 6.92 Å². The van der Waals surface area contributed by atoms with Crippen LogP contribution >= 0.6 is 11.8 Å². The molecule has 6 atom stereocenters. The Hall–Kier alpha value is -4.57. The first-order valence-corrected chi connectivity index (χ1v) is 19.1. The van der Waals surface area contributed by atoms with E-state index >= 15 is 0 Å². The summed E-state index contributed by atoms with van der Waals surface area (Å²) in [6.45, 7) is 4.24. The number of ether oxygens (including phenoxy) is 7. The van der Waals surface area contributed by atoms with Crippen LogP contribution in [0.25, 0.3) is 0 Å². The second-order valence-corrected chi connectivity index (χ2v) is 15.9. The molecule has 286 valence electrons. The van der Waals surface area contributed by atoms with Gasteiger partial charge in [0.25, 0.3) is 0 Å². The van der Waals surface area contributed by atoms with Crippen molar-refractivity contribution in [2.24, 2.45) is 0 Å². The molecule has 14 nitrogen and oxygen atoms in total. The van der Waals surface area contributed by atoms with Crippen molar-refractivity contribution >= 4 is 23.7 Å². The lowest BCUT2D eigenvalue weighted by Gasteiger charge is -2.60. The van der Waals surface area contributed by atoms with E-state index in [2.05, 4.69) is 28.2 Å². The van der Waals surface area contributed by atoms with Crippen molar-refractivity contribution < 1.29 is 53.0 Å². The second-order valence-electron chi connectivity index (χ2n) is 14.8. The van der Waals surface area contributed by atoms with Gasteiger partial charge < -0.3 is 43.4 Å². The van der Waals surface area contributed by atoms with Crippen molar-refractivity contribution in [3.05, 3.63) is 57.1 Å². The number of phenolic OH excluding ortho intramolecular Hbond substituents is 2. The van der Waals surface area contributed by atoms with Crippen LogP contribution in [0.1, 0.15) is 63.2 Å². The van der Waals surface area contributed by atoms with Gasteiger partial charge in [0.2, 0.25) is 18.3 Å². The Balaban J connectivity index is 1.31. The molecule has 0 radical (unpaired) electrons. The normalized spacial score (nSPS) is 28.0. The Bertz CT molecular complexity index is 2110. The minimum Gasteiger partial charge on any atom is -0.504 e. The summed E-state index contributed by atoms with van der Waals surface area (Å²) in [5, 5.41) is 25.8. The van der Waals surface area contributed by atoms with Gasteiger partial charge in [0.1, 0.15) is 6.61 Å². The molecule has 0 saturated carbocycles. The minimum absolute atomic E-state index is 0.00626. The molecule has 1 spiro atoms. The predicted octanol–water partition coefficient (Wildman–Crippen LogP) is 3.80. The van der Waals surface area contributed by atoms with Gasteiger partial charge in [-0.2, -0.15) is 0 Å². The number of nitrogens with zero attached hydrogens (tertiary/aromatic N) is 2. The number of carbonyl (C=O) groups excluding carboxylic acids is 2. The summed E-state index contributed by atoms with van der Waals surface area (Å²) in [5.74, 6) is 1.23. The predicted molar refractivity (Wildman–Crippen MR) is 195 cm³/mol. The molecule has 0 amide bonds. The molecule has 0 aromatic heterocycles. The third kappa shape index (κ3) is 4.83. The molecule has 10 rings (SSSR count). The number of rotatable bonds is 4. The van der Waals surface area contributed by atoms with E-state index < -0.39 is 28.8 Å². The first-order valence-electron chi connectivity index (χ1n) is 18.1. The molecule has 7 aliphatic heterocycles. The molecule has 2 saturated heterocycles. The Morgan fingerprint density at radius 1 is 0.981 bits per heavy atom. The smallest absolute Gasteiger partial charge is 0.331 e. The molecule has 7 heterocycles. The lowest BCUT2D eigenvalue weighted by molar-refractivity contribution is -0.156. The summed E-state index contributed by atoms with van der Waals surface area (Å²) in [4.78, 5) is 32.3. The van der Waals surface area contributed by atoms with E-state index in [-0.39, 0.29) is 66.0 Å². The summed E-state index contributed by atoms with van der Waals surface area (Å²) in [5.41, 5.74) is 4.25. The van der Waals surface area contributed by atoms with Crippen LogP contribution in [-0.2, 0) is 32.7 Å². The van der Waals surface area contributed by atoms with Gasteiger partial charge in [-0.1, -0.05) is 6.07 Å². The van der Waals surface area contributed by atoms with Crippen LogP contribution in [0.5, 0.6) is 46.0 Å². The Kier molecular flexibility index (Phi) is 8.30. The molecule has 54 heavy (non-hydrogen) atoms. The average molecular weight is 762 g/mol. The highest BCUT2D eigenvalue weighted by molar-refractivity contribution is 7.99. The summed E-state index contributed by atoms with van der Waals surface area (Å²) >= 11 is 1.53. The molecule has 0 aliphatic carbocycles. The summed E-state index contributed by atoms with van der Waals surface area (Å²) in [6.07, 6.45) is 1.28. The van der Waals surface area contributed by atoms with Crippen molar-refractivity contribution in [3.63, 3.8) is 0 Å². The summed E-state index contributed by atoms with van der Waals surface area (Å²) in [6, 6.07) is 4.29. The first kappa shape index (κ1) is 35.2. The van der Waals surface area contributed by atoms with Crippen LogP contribution in [0.2, 0.25) is 0 Å². The van der Waals surface area contributed by atoms with Crippen LogP contribution in [0.3, 0.4) is 0 Å². The maximum absolute atomic E-state index is 14.7. The van der Waals surface area contributed by atoms with Crippen molar-refractivity contribution in [1.29, 1.82) is 0 Å². The van der Waals surface area contributed by atoms with Crippen LogP contribution < -0.4 is 33.7 Å². The third-order valence-corrected chi connectivity index (χ3v) is 13.6. The van der Waals surface area contributed by atoms with Gasteiger partial charge >= 0.3 is 11.9 Å². The van der Waals surface area contributed by atoms with E-state index in [1.54, 1.807) is 19.2 Å². The molecular formula is C39H43N3O11S. The van der Waals surface area contributed by atoms with Gasteiger partial charge in [-0.25, -0.2) is 4.79 Å². The minimum atomic E-state index is -1.32. The number of hydrogen-bond acceptors (Lipinski definition) is 15. The molecule has 15 heteroatoms. The van der Waals surface area contributed by atoms with Gasteiger partial charge in [-0.15, -0.1) is 11.8 Å². The first-order chi connectivity index (χ1) is 26.0. The number of aromatic hydroxyl groups is 2. The van der Waals surface area contributed by atoms with E-state index in [0.717, 1.165) is 22.3 Å². The van der Waals surface area contributed by atoms with Gasteiger partial charge in [-0.05, 0) is 61.2 Å². The fraction of sp³-hybridized carbons (Fsp3) is 0.487. The quantitative estimate of drug-likeness (QED) is 0.260. The van der Waals surface area contributed by atoms with E-state index in [1.165, 1.54) is 32.9 Å². The zero-order valence-corrected chi connectivity index (χ0v) is 31.8. The lowest BCUT2D eigenvalue weighted by Crippen LogP contribution is -2.65. The monoisotopic (exact) mass is 761 g/mol. The summed E-state index contributed by atoms with van der Waals surface area (Å²) in [7, 11) is 6.63. The molecular weight excluding hydrogens is 719 g/mol. The number of fused-ring (bicyclic) bond motifs is 9. The number of hydrogen-bond donors (Lipinski definition) is 3. The zero-order valence-electron chi connectivity index (χ0n) is 30.9. The van der Waals surface area contributed by atoms with Gasteiger partial charge in [0.15, 0.2) is 40.0 Å². The van der Waals surface area contributed by atoms with Crippen LogP contribution in [-0.4, -0.2) is 105 Å². The Morgan fingerprint density at radius 3 is 2.50 bits per heavy atom. The number of carbonyl (C=O) groups is 2. The Morgan fingerprint density at radius 2 is 1.76 bits per heavy atom. The topological polar surface area (TPSA) is 158 Å². The molecule has 3 aromatic rings. The van der Waals surface area contributed by atoms with Gasteiger partial charge in [0.05, 0.1) is 38.7 Å². The standard InChI is InChI=1S/C39H43N3O11S/c1-17-9-20-10-21-13-42-23-14-50-38(46)39(22-12-25(47-4)24(44)11-19(22)7-8-40-39)15-54-37(30(42)29(41(21)3)26(20)31(45)32(17)48-5)28-27(23)33-36(52-16-51-33)35(49-6)34(28)53-18(2)43/h9,11-12,21,23,29-30,37,40,44-45H,7-8,10,13-16H2,1-6H3/t21-,23+,29?,30-,37-,39-/m1/s1. The molecule has 3 N–H and O–H groups in total.